The van der Waals surface area contributed by atoms with Crippen molar-refractivity contribution in [1.82, 2.24) is 10.6 Å². The van der Waals surface area contributed by atoms with Crippen LogP contribution in [0.5, 0.6) is 5.75 Å². The maximum atomic E-state index is 13.2. The Kier molecular flexibility index (Phi) is 10.8. The zero-order valence-electron chi connectivity index (χ0n) is 16.5. The molecule has 28 heavy (non-hydrogen) atoms. The molecule has 3 N–H and O–H groups in total. The predicted octanol–water partition coefficient (Wildman–Crippen LogP) is 3.59. The number of aryl methyl sites for hydroxylation is 1. The number of nitrogens with zero attached hydrogens (tertiary/aromatic N) is 1. The maximum Gasteiger partial charge on any atom is 0.191 e. The van der Waals surface area contributed by atoms with Gasteiger partial charge in [-0.05, 0) is 61.2 Å². The van der Waals surface area contributed by atoms with E-state index < -0.39 is 6.10 Å². The normalized spacial score (nSPS) is 12.1. The van der Waals surface area contributed by atoms with Gasteiger partial charge in [0.25, 0.3) is 0 Å². The van der Waals surface area contributed by atoms with Gasteiger partial charge in [0, 0.05) is 13.1 Å². The van der Waals surface area contributed by atoms with Gasteiger partial charge in [-0.2, -0.15) is 0 Å². The Morgan fingerprint density at radius 1 is 1.18 bits per heavy atom. The van der Waals surface area contributed by atoms with Crippen LogP contribution in [0.3, 0.4) is 0 Å². The molecule has 0 bridgehead atoms. The van der Waals surface area contributed by atoms with Gasteiger partial charge in [0.1, 0.15) is 11.6 Å². The van der Waals surface area contributed by atoms with E-state index in [0.717, 1.165) is 35.4 Å². The molecule has 2 aromatic rings. The first kappa shape index (κ1) is 24.2. The number of methoxy groups -OCH3 is 1. The van der Waals surface area contributed by atoms with E-state index in [1.807, 2.05) is 44.2 Å². The van der Waals surface area contributed by atoms with Crippen LogP contribution in [0.4, 0.5) is 4.39 Å². The average molecular weight is 501 g/mol. The molecule has 0 amide bonds. The van der Waals surface area contributed by atoms with Gasteiger partial charge in [-0.3, -0.25) is 4.99 Å². The third kappa shape index (κ3) is 7.63. The molecule has 5 nitrogen and oxygen atoms in total. The highest BCUT2D eigenvalue weighted by molar-refractivity contribution is 14.0. The molecular formula is C21H29FIN3O2. The number of aliphatic hydroxyl groups excluding tert-OH is 1. The summed E-state index contributed by atoms with van der Waals surface area (Å²) in [5, 5.41) is 16.7. The van der Waals surface area contributed by atoms with Crippen molar-refractivity contribution in [3.05, 3.63) is 65.0 Å². The Bertz CT molecular complexity index is 754. The number of aliphatic imine (C=N–C) groups is 1. The van der Waals surface area contributed by atoms with E-state index in [4.69, 9.17) is 4.74 Å². The standard InChI is InChI=1S/C21H28FN3O2.HI/c1-4-23-21(24-12-11-16-5-8-18(22)13-15(16)2)25-14-20(26)17-6-9-19(27-3)10-7-17;/h5-10,13,20,26H,4,11-12,14H2,1-3H3,(H2,23,24,25);1H. The summed E-state index contributed by atoms with van der Waals surface area (Å²) in [5.74, 6) is 1.18. The SMILES string of the molecule is CCNC(=NCC(O)c1ccc(OC)cc1)NCCc1ccc(F)cc1C.I. The highest BCUT2D eigenvalue weighted by atomic mass is 127. The van der Waals surface area contributed by atoms with Crippen LogP contribution in [0.2, 0.25) is 0 Å². The number of aliphatic hydroxyl groups is 1. The number of guanidine groups is 1. The molecule has 0 heterocycles. The third-order valence-electron chi connectivity index (χ3n) is 4.26. The first-order valence-corrected chi connectivity index (χ1v) is 9.12. The minimum absolute atomic E-state index is 0. The molecule has 0 aliphatic carbocycles. The molecule has 0 aromatic heterocycles. The third-order valence-corrected chi connectivity index (χ3v) is 4.26. The van der Waals surface area contributed by atoms with Crippen LogP contribution in [-0.4, -0.2) is 37.8 Å². The second kappa shape index (κ2) is 12.6. The number of rotatable bonds is 8. The molecule has 7 heteroatoms. The quantitative estimate of drug-likeness (QED) is 0.294. The largest absolute Gasteiger partial charge is 0.497 e. The van der Waals surface area contributed by atoms with E-state index >= 15 is 0 Å². The van der Waals surface area contributed by atoms with E-state index in [1.54, 1.807) is 13.2 Å². The first-order valence-electron chi connectivity index (χ1n) is 9.12. The monoisotopic (exact) mass is 501 g/mol. The molecule has 154 valence electrons. The molecule has 0 saturated heterocycles. The van der Waals surface area contributed by atoms with Gasteiger partial charge in [-0.25, -0.2) is 4.39 Å². The number of benzene rings is 2. The van der Waals surface area contributed by atoms with E-state index in [1.165, 1.54) is 6.07 Å². The van der Waals surface area contributed by atoms with Crippen molar-refractivity contribution >= 4 is 29.9 Å². The fourth-order valence-corrected chi connectivity index (χ4v) is 2.71. The molecular weight excluding hydrogens is 472 g/mol. The van der Waals surface area contributed by atoms with E-state index in [2.05, 4.69) is 15.6 Å². The molecule has 0 fully saturated rings. The molecule has 1 unspecified atom stereocenters. The lowest BCUT2D eigenvalue weighted by Crippen LogP contribution is -2.38. The Labute approximate surface area is 183 Å². The summed E-state index contributed by atoms with van der Waals surface area (Å²) in [4.78, 5) is 4.45. The van der Waals surface area contributed by atoms with Crippen molar-refractivity contribution in [2.75, 3.05) is 26.7 Å². The zero-order chi connectivity index (χ0) is 19.6. The Morgan fingerprint density at radius 2 is 1.89 bits per heavy atom. The minimum Gasteiger partial charge on any atom is -0.497 e. The predicted molar refractivity (Wildman–Crippen MR) is 122 cm³/mol. The molecule has 0 saturated carbocycles. The van der Waals surface area contributed by atoms with Crippen molar-refractivity contribution in [3.63, 3.8) is 0 Å². The molecule has 0 aliphatic heterocycles. The van der Waals surface area contributed by atoms with Gasteiger partial charge < -0.3 is 20.5 Å². The van der Waals surface area contributed by atoms with E-state index in [0.29, 0.717) is 12.5 Å². The average Bonchev–Trinajstić information content (AvgIpc) is 2.67. The lowest BCUT2D eigenvalue weighted by atomic mass is 10.1. The van der Waals surface area contributed by atoms with Crippen LogP contribution in [0, 0.1) is 12.7 Å². The number of nitrogens with one attached hydrogen (secondary N) is 2. The highest BCUT2D eigenvalue weighted by Crippen LogP contribution is 2.17. The van der Waals surface area contributed by atoms with Gasteiger partial charge in [0.15, 0.2) is 5.96 Å². The summed E-state index contributed by atoms with van der Waals surface area (Å²) in [6, 6.07) is 12.1. The summed E-state index contributed by atoms with van der Waals surface area (Å²) < 4.78 is 18.3. The van der Waals surface area contributed by atoms with Crippen LogP contribution in [0.15, 0.2) is 47.5 Å². The lowest BCUT2D eigenvalue weighted by Gasteiger charge is -2.14. The summed E-state index contributed by atoms with van der Waals surface area (Å²) in [6.07, 6.45) is 0.0723. The first-order chi connectivity index (χ1) is 13.0. The molecule has 0 radical (unpaired) electrons. The maximum absolute atomic E-state index is 13.2. The van der Waals surface area contributed by atoms with E-state index in [-0.39, 0.29) is 36.3 Å². The Hall–Kier alpha value is -1.87. The Balaban J connectivity index is 0.00000392. The van der Waals surface area contributed by atoms with Crippen molar-refractivity contribution in [2.24, 2.45) is 4.99 Å². The van der Waals surface area contributed by atoms with Crippen molar-refractivity contribution in [1.29, 1.82) is 0 Å². The second-order valence-electron chi connectivity index (χ2n) is 6.26. The smallest absolute Gasteiger partial charge is 0.191 e. The van der Waals surface area contributed by atoms with Crippen LogP contribution in [0.25, 0.3) is 0 Å². The lowest BCUT2D eigenvalue weighted by molar-refractivity contribution is 0.187. The number of hydrogen-bond acceptors (Lipinski definition) is 3. The topological polar surface area (TPSA) is 65.9 Å². The van der Waals surface area contributed by atoms with Crippen molar-refractivity contribution in [2.45, 2.75) is 26.4 Å². The fraction of sp³-hybridized carbons (Fsp3) is 0.381. The number of halogens is 2. The summed E-state index contributed by atoms with van der Waals surface area (Å²) >= 11 is 0. The Morgan fingerprint density at radius 3 is 2.50 bits per heavy atom. The molecule has 2 rings (SSSR count). The molecule has 0 aliphatic rings. The van der Waals surface area contributed by atoms with Gasteiger partial charge in [0.05, 0.1) is 19.8 Å². The summed E-state index contributed by atoms with van der Waals surface area (Å²) in [7, 11) is 1.61. The fourth-order valence-electron chi connectivity index (χ4n) is 2.71. The summed E-state index contributed by atoms with van der Waals surface area (Å²) in [6.45, 7) is 5.53. The molecule has 1 atom stereocenters. The zero-order valence-corrected chi connectivity index (χ0v) is 18.9. The van der Waals surface area contributed by atoms with Crippen LogP contribution in [0.1, 0.15) is 29.7 Å². The van der Waals surface area contributed by atoms with Crippen LogP contribution >= 0.6 is 24.0 Å². The van der Waals surface area contributed by atoms with Crippen molar-refractivity contribution in [3.8, 4) is 5.75 Å². The highest BCUT2D eigenvalue weighted by Gasteiger charge is 2.08. The van der Waals surface area contributed by atoms with Gasteiger partial charge in [0.2, 0.25) is 0 Å². The van der Waals surface area contributed by atoms with E-state index in [9.17, 15) is 9.50 Å². The number of hydrogen-bond donors (Lipinski definition) is 3. The summed E-state index contributed by atoms with van der Waals surface area (Å²) in [5.41, 5.74) is 2.82. The molecule has 2 aromatic carbocycles. The van der Waals surface area contributed by atoms with Crippen LogP contribution < -0.4 is 15.4 Å². The van der Waals surface area contributed by atoms with Gasteiger partial charge in [-0.15, -0.1) is 24.0 Å². The van der Waals surface area contributed by atoms with Crippen molar-refractivity contribution < 1.29 is 14.2 Å². The second-order valence-corrected chi connectivity index (χ2v) is 6.26. The minimum atomic E-state index is -0.689. The van der Waals surface area contributed by atoms with Crippen LogP contribution in [-0.2, 0) is 6.42 Å². The van der Waals surface area contributed by atoms with Gasteiger partial charge in [-0.1, -0.05) is 18.2 Å². The van der Waals surface area contributed by atoms with Gasteiger partial charge >= 0.3 is 0 Å². The number of ether oxygens (including phenoxy) is 1. The molecule has 0 spiro atoms.